The Balaban J connectivity index is 2.23. The van der Waals surface area contributed by atoms with Gasteiger partial charge in [0.05, 0.1) is 0 Å². The highest BCUT2D eigenvalue weighted by Gasteiger charge is 2.58. The average Bonchev–Trinajstić information content (AvgIpc) is 2.46. The van der Waals surface area contributed by atoms with Gasteiger partial charge in [-0.1, -0.05) is 36.4 Å². The lowest BCUT2D eigenvalue weighted by Gasteiger charge is -2.38. The smallest absolute Gasteiger partial charge is 0.301 e. The van der Waals surface area contributed by atoms with Crippen molar-refractivity contribution in [1.82, 2.24) is 0 Å². The van der Waals surface area contributed by atoms with E-state index in [1.807, 2.05) is 0 Å². The van der Waals surface area contributed by atoms with E-state index in [2.05, 4.69) is 0 Å². The predicted molar refractivity (Wildman–Crippen MR) is 70.2 cm³/mol. The zero-order valence-corrected chi connectivity index (χ0v) is 10.7. The van der Waals surface area contributed by atoms with Crippen LogP contribution in [0.15, 0.2) is 48.5 Å². The lowest BCUT2D eigenvalue weighted by molar-refractivity contribution is -0.243. The third-order valence-corrected chi connectivity index (χ3v) is 3.40. The molecule has 0 saturated heterocycles. The van der Waals surface area contributed by atoms with Crippen LogP contribution in [-0.2, 0) is 16.4 Å². The second-order valence-corrected chi connectivity index (χ2v) is 4.76. The second kappa shape index (κ2) is 4.29. The monoisotopic (exact) mass is 288 g/mol. The molecule has 0 aromatic heterocycles. The van der Waals surface area contributed by atoms with E-state index in [1.54, 1.807) is 18.2 Å². The van der Waals surface area contributed by atoms with Crippen LogP contribution < -0.4 is 4.74 Å². The number of aromatic hydroxyl groups is 1. The molecule has 1 atom stereocenters. The lowest BCUT2D eigenvalue weighted by atomic mass is 9.87. The average molecular weight is 288 g/mol. The van der Waals surface area contributed by atoms with E-state index in [9.17, 15) is 25.2 Å². The molecule has 0 aliphatic carbocycles. The SMILES string of the molecule is O=C1C(O)(O)c2c(O)cccc2OC1(O)c1ccccc1. The van der Waals surface area contributed by atoms with Crippen LogP contribution in [0.2, 0.25) is 0 Å². The fraction of sp³-hybridized carbons (Fsp3) is 0.133. The molecule has 0 bridgehead atoms. The normalized spacial score (nSPS) is 23.3. The fourth-order valence-electron chi connectivity index (χ4n) is 2.36. The van der Waals surface area contributed by atoms with Crippen molar-refractivity contribution in [1.29, 1.82) is 0 Å². The van der Waals surface area contributed by atoms with Gasteiger partial charge in [-0.2, -0.15) is 0 Å². The summed E-state index contributed by atoms with van der Waals surface area (Å²) in [5.41, 5.74) is -0.438. The number of hydrogen-bond donors (Lipinski definition) is 4. The summed E-state index contributed by atoms with van der Waals surface area (Å²) in [5, 5.41) is 40.4. The number of ketones is 1. The Morgan fingerprint density at radius 2 is 1.57 bits per heavy atom. The zero-order valence-electron chi connectivity index (χ0n) is 10.7. The number of carbonyl (C=O) groups is 1. The highest BCUT2D eigenvalue weighted by Crippen LogP contribution is 2.46. The summed E-state index contributed by atoms with van der Waals surface area (Å²) in [7, 11) is 0. The van der Waals surface area contributed by atoms with Gasteiger partial charge >= 0.3 is 5.79 Å². The lowest BCUT2D eigenvalue weighted by Crippen LogP contribution is -2.56. The van der Waals surface area contributed by atoms with Crippen LogP contribution in [0.3, 0.4) is 0 Å². The zero-order chi connectivity index (χ0) is 15.3. The van der Waals surface area contributed by atoms with Crippen molar-refractivity contribution in [3.05, 3.63) is 59.7 Å². The largest absolute Gasteiger partial charge is 0.507 e. The fourth-order valence-corrected chi connectivity index (χ4v) is 2.36. The van der Waals surface area contributed by atoms with Gasteiger partial charge in [0.1, 0.15) is 17.1 Å². The molecule has 6 heteroatoms. The first kappa shape index (κ1) is 13.6. The van der Waals surface area contributed by atoms with E-state index >= 15 is 0 Å². The Morgan fingerprint density at radius 3 is 2.24 bits per heavy atom. The number of rotatable bonds is 1. The molecule has 2 aromatic carbocycles. The van der Waals surface area contributed by atoms with Gasteiger partial charge in [0.2, 0.25) is 0 Å². The van der Waals surface area contributed by atoms with Crippen molar-refractivity contribution >= 4 is 5.78 Å². The van der Waals surface area contributed by atoms with E-state index in [0.29, 0.717) is 0 Å². The minimum Gasteiger partial charge on any atom is -0.507 e. The van der Waals surface area contributed by atoms with Gasteiger partial charge < -0.3 is 25.2 Å². The summed E-state index contributed by atoms with van der Waals surface area (Å²) in [6.45, 7) is 0. The maximum Gasteiger partial charge on any atom is 0.301 e. The summed E-state index contributed by atoms with van der Waals surface area (Å²) in [5.74, 6) is -7.71. The molecule has 6 nitrogen and oxygen atoms in total. The Hall–Kier alpha value is -2.41. The van der Waals surface area contributed by atoms with E-state index in [-0.39, 0.29) is 11.3 Å². The molecular weight excluding hydrogens is 276 g/mol. The summed E-state index contributed by atoms with van der Waals surface area (Å²) < 4.78 is 5.26. The first-order valence-corrected chi connectivity index (χ1v) is 6.16. The molecule has 21 heavy (non-hydrogen) atoms. The van der Waals surface area contributed by atoms with Gasteiger partial charge in [-0.25, -0.2) is 0 Å². The van der Waals surface area contributed by atoms with Gasteiger partial charge in [0.15, 0.2) is 0 Å². The van der Waals surface area contributed by atoms with Crippen LogP contribution in [0, 0.1) is 0 Å². The van der Waals surface area contributed by atoms with E-state index in [1.165, 1.54) is 30.3 Å². The summed E-state index contributed by atoms with van der Waals surface area (Å²) >= 11 is 0. The molecule has 2 aromatic rings. The molecule has 0 amide bonds. The number of benzene rings is 2. The number of aliphatic hydroxyl groups is 3. The van der Waals surface area contributed by atoms with Crippen LogP contribution in [0.4, 0.5) is 0 Å². The summed E-state index contributed by atoms with van der Waals surface area (Å²) in [6, 6.07) is 11.5. The van der Waals surface area contributed by atoms with E-state index in [4.69, 9.17) is 4.74 Å². The van der Waals surface area contributed by atoms with Crippen molar-refractivity contribution in [2.24, 2.45) is 0 Å². The van der Waals surface area contributed by atoms with E-state index in [0.717, 1.165) is 0 Å². The Labute approximate surface area is 119 Å². The molecule has 0 spiro atoms. The van der Waals surface area contributed by atoms with Gasteiger partial charge in [0.25, 0.3) is 11.6 Å². The molecule has 0 radical (unpaired) electrons. The third kappa shape index (κ3) is 1.81. The minimum absolute atomic E-state index is 0.0523. The summed E-state index contributed by atoms with van der Waals surface area (Å²) in [4.78, 5) is 12.3. The topological polar surface area (TPSA) is 107 Å². The molecule has 1 unspecified atom stereocenters. The molecule has 3 rings (SSSR count). The third-order valence-electron chi connectivity index (χ3n) is 3.40. The Morgan fingerprint density at radius 1 is 0.905 bits per heavy atom. The van der Waals surface area contributed by atoms with Crippen LogP contribution in [0.1, 0.15) is 11.1 Å². The molecule has 0 saturated carbocycles. The quantitative estimate of drug-likeness (QED) is 0.564. The van der Waals surface area contributed by atoms with Gasteiger partial charge in [-0.05, 0) is 12.1 Å². The van der Waals surface area contributed by atoms with Crippen LogP contribution >= 0.6 is 0 Å². The number of phenols is 1. The maximum absolute atomic E-state index is 12.3. The first-order valence-electron chi connectivity index (χ1n) is 6.16. The van der Waals surface area contributed by atoms with Crippen molar-refractivity contribution in [3.63, 3.8) is 0 Å². The number of phenolic OH excluding ortho intramolecular Hbond substituents is 1. The van der Waals surface area contributed by atoms with E-state index < -0.39 is 28.7 Å². The van der Waals surface area contributed by atoms with Crippen molar-refractivity contribution in [3.8, 4) is 11.5 Å². The van der Waals surface area contributed by atoms with Gasteiger partial charge in [-0.15, -0.1) is 0 Å². The van der Waals surface area contributed by atoms with Crippen molar-refractivity contribution < 1.29 is 30.0 Å². The number of fused-ring (bicyclic) bond motifs is 1. The summed E-state index contributed by atoms with van der Waals surface area (Å²) in [6.07, 6.45) is 0. The van der Waals surface area contributed by atoms with Gasteiger partial charge in [-0.3, -0.25) is 4.79 Å². The van der Waals surface area contributed by atoms with Gasteiger partial charge in [0, 0.05) is 5.56 Å². The highest BCUT2D eigenvalue weighted by molar-refractivity contribution is 5.96. The molecule has 108 valence electrons. The first-order chi connectivity index (χ1) is 9.87. The van der Waals surface area contributed by atoms with Crippen molar-refractivity contribution in [2.45, 2.75) is 11.6 Å². The van der Waals surface area contributed by atoms with Crippen molar-refractivity contribution in [2.75, 3.05) is 0 Å². The molecule has 1 aliphatic heterocycles. The molecular formula is C15H12O6. The van der Waals surface area contributed by atoms with Crippen LogP contribution in [-0.4, -0.2) is 26.2 Å². The second-order valence-electron chi connectivity index (χ2n) is 4.76. The highest BCUT2D eigenvalue weighted by atomic mass is 16.6. The molecule has 0 fully saturated rings. The maximum atomic E-state index is 12.3. The molecule has 1 heterocycles. The Bertz CT molecular complexity index is 709. The predicted octanol–water partition coefficient (Wildman–Crippen LogP) is 0.336. The number of ether oxygens (including phenoxy) is 1. The number of carbonyl (C=O) groups excluding carboxylic acids is 1. The standard InChI is InChI=1S/C15H12O6/c16-10-7-4-8-11-12(10)14(18,19)13(17)15(20,21-11)9-5-2-1-3-6-9/h1-8,16,18-20H. The van der Waals surface area contributed by atoms with Crippen LogP contribution in [0.5, 0.6) is 11.5 Å². The number of Topliss-reactive ketones (excluding diaryl/α,β-unsaturated/α-hetero) is 1. The van der Waals surface area contributed by atoms with Crippen LogP contribution in [0.25, 0.3) is 0 Å². The molecule has 1 aliphatic rings. The molecule has 4 N–H and O–H groups in total. The minimum atomic E-state index is -3.07. The number of hydrogen-bond acceptors (Lipinski definition) is 6. The Kier molecular flexibility index (Phi) is 2.77.